The molecule has 3 amide bonds. The number of carbonyl (C=O) groups is 3. The normalized spacial score (nSPS) is 32.5. The van der Waals surface area contributed by atoms with Gasteiger partial charge in [0.1, 0.15) is 17.9 Å². The predicted molar refractivity (Wildman–Crippen MR) is 95.9 cm³/mol. The van der Waals surface area contributed by atoms with E-state index in [-0.39, 0.29) is 29.7 Å². The minimum atomic E-state index is -1.02. The number of likely N-dealkylation sites (tertiary alicyclic amines) is 1. The fourth-order valence-electron chi connectivity index (χ4n) is 5.05. The monoisotopic (exact) mass is 356 g/mol. The van der Waals surface area contributed by atoms with Crippen molar-refractivity contribution in [1.29, 1.82) is 0 Å². The molecular weight excluding hydrogens is 330 g/mol. The molecule has 3 N–H and O–H groups in total. The number of hydrogen-bond donors (Lipinski definition) is 2. The Labute approximate surface area is 153 Å². The van der Waals surface area contributed by atoms with Crippen LogP contribution in [-0.2, 0) is 19.9 Å². The lowest BCUT2D eigenvalue weighted by molar-refractivity contribution is -0.738. The summed E-state index contributed by atoms with van der Waals surface area (Å²) in [4.78, 5) is 41.0. The first-order valence-corrected chi connectivity index (χ1v) is 9.55. The summed E-state index contributed by atoms with van der Waals surface area (Å²) in [6, 6.07) is 7.46. The van der Waals surface area contributed by atoms with Crippen LogP contribution >= 0.6 is 0 Å². The molecular formula is C20H26N3O3+. The van der Waals surface area contributed by atoms with Crippen molar-refractivity contribution >= 4 is 23.4 Å². The topological polar surface area (TPSA) is 83.1 Å². The average molecular weight is 356 g/mol. The Bertz CT molecular complexity index is 790. The average Bonchev–Trinajstić information content (AvgIpc) is 3.20. The van der Waals surface area contributed by atoms with E-state index in [0.29, 0.717) is 6.54 Å². The summed E-state index contributed by atoms with van der Waals surface area (Å²) >= 11 is 0. The van der Waals surface area contributed by atoms with Gasteiger partial charge in [0, 0.05) is 18.0 Å². The minimum absolute atomic E-state index is 0.0833. The van der Waals surface area contributed by atoms with Crippen LogP contribution in [0.15, 0.2) is 24.3 Å². The number of imide groups is 1. The summed E-state index contributed by atoms with van der Waals surface area (Å²) in [7, 11) is 0. The first kappa shape index (κ1) is 17.2. The first-order valence-electron chi connectivity index (χ1n) is 9.55. The molecule has 1 spiro atoms. The molecule has 26 heavy (non-hydrogen) atoms. The number of amides is 3. The Morgan fingerprint density at radius 1 is 1.19 bits per heavy atom. The maximum atomic E-state index is 13.3. The van der Waals surface area contributed by atoms with Crippen LogP contribution < -0.4 is 10.6 Å². The number of para-hydroxylation sites is 1. The van der Waals surface area contributed by atoms with E-state index >= 15 is 0 Å². The second-order valence-corrected chi connectivity index (χ2v) is 8.04. The molecule has 3 heterocycles. The van der Waals surface area contributed by atoms with Crippen molar-refractivity contribution in [3.05, 3.63) is 29.8 Å². The summed E-state index contributed by atoms with van der Waals surface area (Å²) < 4.78 is 0. The van der Waals surface area contributed by atoms with Gasteiger partial charge in [0.05, 0.1) is 5.69 Å². The third-order valence-corrected chi connectivity index (χ3v) is 6.30. The number of fused-ring (bicyclic) bond motifs is 4. The standard InChI is InChI=1S/C20H25N3O3/c1-4-5-10-23-17(24)14-15(18(23)25)20(22-16(14)11(2)3)12-8-6-7-9-13(12)21-19(20)26/h6-9,11,14-16,22H,4-5,10H2,1-3H3,(H,21,26)/p+1/t14-,15-,16+,20-/m0/s1. The smallest absolute Gasteiger partial charge is 0.291 e. The van der Waals surface area contributed by atoms with E-state index in [2.05, 4.69) is 19.2 Å². The number of rotatable bonds is 4. The van der Waals surface area contributed by atoms with Crippen LogP contribution in [0, 0.1) is 17.8 Å². The number of benzene rings is 1. The van der Waals surface area contributed by atoms with Crippen molar-refractivity contribution in [3.8, 4) is 0 Å². The van der Waals surface area contributed by atoms with Gasteiger partial charge >= 0.3 is 0 Å². The molecule has 3 aliphatic heterocycles. The molecule has 6 heteroatoms. The Morgan fingerprint density at radius 3 is 2.62 bits per heavy atom. The molecule has 2 saturated heterocycles. The van der Waals surface area contributed by atoms with Gasteiger partial charge in [-0.25, -0.2) is 0 Å². The van der Waals surface area contributed by atoms with E-state index < -0.39 is 17.4 Å². The van der Waals surface area contributed by atoms with E-state index in [9.17, 15) is 14.4 Å². The van der Waals surface area contributed by atoms with Crippen molar-refractivity contribution in [2.75, 3.05) is 11.9 Å². The molecule has 0 aliphatic carbocycles. The van der Waals surface area contributed by atoms with Crippen LogP contribution in [0.5, 0.6) is 0 Å². The fourth-order valence-corrected chi connectivity index (χ4v) is 5.05. The van der Waals surface area contributed by atoms with Crippen LogP contribution in [0.4, 0.5) is 5.69 Å². The molecule has 4 atom stereocenters. The molecule has 0 unspecified atom stereocenters. The maximum absolute atomic E-state index is 13.3. The molecule has 3 aliphatic rings. The quantitative estimate of drug-likeness (QED) is 0.784. The van der Waals surface area contributed by atoms with E-state index in [1.807, 2.05) is 36.5 Å². The van der Waals surface area contributed by atoms with Crippen LogP contribution in [0.2, 0.25) is 0 Å². The zero-order chi connectivity index (χ0) is 18.6. The highest BCUT2D eigenvalue weighted by Crippen LogP contribution is 2.49. The number of quaternary nitrogens is 1. The van der Waals surface area contributed by atoms with Gasteiger partial charge in [-0.2, -0.15) is 0 Å². The maximum Gasteiger partial charge on any atom is 0.291 e. The molecule has 4 rings (SSSR count). The van der Waals surface area contributed by atoms with Crippen LogP contribution in [0.1, 0.15) is 39.2 Å². The second kappa shape index (κ2) is 5.91. The Morgan fingerprint density at radius 2 is 1.92 bits per heavy atom. The van der Waals surface area contributed by atoms with Gasteiger partial charge in [0.2, 0.25) is 17.4 Å². The van der Waals surface area contributed by atoms with E-state index in [1.165, 1.54) is 4.90 Å². The van der Waals surface area contributed by atoms with Crippen LogP contribution in [0.3, 0.4) is 0 Å². The van der Waals surface area contributed by atoms with Crippen molar-refractivity contribution < 1.29 is 19.7 Å². The number of unbranched alkanes of at least 4 members (excludes halogenated alkanes) is 1. The van der Waals surface area contributed by atoms with Gasteiger partial charge in [0.15, 0.2) is 0 Å². The number of anilines is 1. The zero-order valence-electron chi connectivity index (χ0n) is 15.5. The fraction of sp³-hybridized carbons (Fsp3) is 0.550. The molecule has 0 aromatic heterocycles. The first-order chi connectivity index (χ1) is 12.4. The SMILES string of the molecule is CCCCN1C(=O)[C@@H]2[C@@H](C(C)C)[NH2+][C@]3(C(=O)Nc4ccccc43)[C@@H]2C1=O. The lowest BCUT2D eigenvalue weighted by atomic mass is 9.76. The van der Waals surface area contributed by atoms with Gasteiger partial charge in [-0.1, -0.05) is 45.4 Å². The lowest BCUT2D eigenvalue weighted by Gasteiger charge is -2.27. The van der Waals surface area contributed by atoms with Gasteiger partial charge in [0.25, 0.3) is 5.91 Å². The van der Waals surface area contributed by atoms with Gasteiger partial charge in [-0.05, 0) is 12.5 Å². The largest absolute Gasteiger partial charge is 0.326 e. The summed E-state index contributed by atoms with van der Waals surface area (Å²) in [6.45, 7) is 6.61. The molecule has 138 valence electrons. The zero-order valence-corrected chi connectivity index (χ0v) is 15.5. The number of carbonyl (C=O) groups excluding carboxylic acids is 3. The Hall–Kier alpha value is -2.21. The Kier molecular flexibility index (Phi) is 3.91. The van der Waals surface area contributed by atoms with E-state index in [0.717, 1.165) is 24.1 Å². The number of nitrogens with zero attached hydrogens (tertiary/aromatic N) is 1. The van der Waals surface area contributed by atoms with Crippen molar-refractivity contribution in [1.82, 2.24) is 4.90 Å². The van der Waals surface area contributed by atoms with E-state index in [4.69, 9.17) is 0 Å². The highest BCUT2D eigenvalue weighted by atomic mass is 16.2. The van der Waals surface area contributed by atoms with Gasteiger partial charge in [-0.3, -0.25) is 19.3 Å². The van der Waals surface area contributed by atoms with Crippen molar-refractivity contribution in [2.24, 2.45) is 17.8 Å². The molecule has 0 saturated carbocycles. The third kappa shape index (κ3) is 2.05. The highest BCUT2D eigenvalue weighted by Gasteiger charge is 2.74. The van der Waals surface area contributed by atoms with Crippen molar-refractivity contribution in [2.45, 2.75) is 45.2 Å². The summed E-state index contributed by atoms with van der Waals surface area (Å²) in [5.41, 5.74) is 0.565. The summed E-state index contributed by atoms with van der Waals surface area (Å²) in [5.74, 6) is -1.32. The van der Waals surface area contributed by atoms with Crippen LogP contribution in [-0.4, -0.2) is 35.2 Å². The molecule has 0 radical (unpaired) electrons. The van der Waals surface area contributed by atoms with Crippen molar-refractivity contribution in [3.63, 3.8) is 0 Å². The minimum Gasteiger partial charge on any atom is -0.326 e. The van der Waals surface area contributed by atoms with Crippen LogP contribution in [0.25, 0.3) is 0 Å². The summed E-state index contributed by atoms with van der Waals surface area (Å²) in [5, 5.41) is 4.94. The third-order valence-electron chi connectivity index (χ3n) is 6.30. The molecule has 6 nitrogen and oxygen atoms in total. The molecule has 0 bridgehead atoms. The predicted octanol–water partition coefficient (Wildman–Crippen LogP) is 0.837. The molecule has 1 aromatic rings. The Balaban J connectivity index is 1.85. The molecule has 2 fully saturated rings. The van der Waals surface area contributed by atoms with E-state index in [1.54, 1.807) is 0 Å². The molecule has 1 aromatic carbocycles. The van der Waals surface area contributed by atoms with Gasteiger partial charge < -0.3 is 10.6 Å². The highest BCUT2D eigenvalue weighted by molar-refractivity contribution is 6.13. The number of nitrogens with one attached hydrogen (secondary N) is 1. The number of hydrogen-bond acceptors (Lipinski definition) is 3. The second-order valence-electron chi connectivity index (χ2n) is 8.04. The summed E-state index contributed by atoms with van der Waals surface area (Å²) in [6.07, 6.45) is 1.71. The van der Waals surface area contributed by atoms with Gasteiger partial charge in [-0.15, -0.1) is 0 Å². The lowest BCUT2D eigenvalue weighted by Crippen LogP contribution is -2.99. The number of nitrogens with two attached hydrogens (primary N) is 1.